The van der Waals surface area contributed by atoms with Crippen molar-refractivity contribution in [1.29, 1.82) is 0 Å². The molecule has 1 amide bonds. The Balaban J connectivity index is 1.97. The van der Waals surface area contributed by atoms with Crippen LogP contribution in [0.1, 0.15) is 16.7 Å². The highest BCUT2D eigenvalue weighted by Crippen LogP contribution is 2.23. The van der Waals surface area contributed by atoms with Crippen molar-refractivity contribution < 1.29 is 9.53 Å². The molecule has 3 N–H and O–H groups in total. The lowest BCUT2D eigenvalue weighted by atomic mass is 10.1. The Labute approximate surface area is 132 Å². The Kier molecular flexibility index (Phi) is 5.36. The number of carbonyl (C=O) groups is 1. The zero-order chi connectivity index (χ0) is 15.2. The van der Waals surface area contributed by atoms with E-state index in [-0.39, 0.29) is 12.3 Å². The fourth-order valence-electron chi connectivity index (χ4n) is 1.88. The fourth-order valence-corrected chi connectivity index (χ4v) is 2.22. The summed E-state index contributed by atoms with van der Waals surface area (Å²) in [6.07, 6.45) is 0.280. The first-order valence-corrected chi connectivity index (χ1v) is 7.34. The van der Waals surface area contributed by atoms with Crippen LogP contribution < -0.4 is 16.0 Å². The highest BCUT2D eigenvalue weighted by Gasteiger charge is 2.03. The standard InChI is InChI=1S/C16H17BrN2O2/c1-11-2-7-14(17)9-15(11)21-10-13-5-3-12(4-6-13)8-16(20)19-18/h2-7,9H,8,10,18H2,1H3,(H,19,20). The van der Waals surface area contributed by atoms with E-state index in [1.807, 2.05) is 49.4 Å². The molecule has 0 spiro atoms. The van der Waals surface area contributed by atoms with Crippen LogP contribution in [0.25, 0.3) is 0 Å². The summed E-state index contributed by atoms with van der Waals surface area (Å²) in [5.41, 5.74) is 5.17. The van der Waals surface area contributed by atoms with Crippen LogP contribution in [0, 0.1) is 6.92 Å². The first-order valence-electron chi connectivity index (χ1n) is 6.54. The van der Waals surface area contributed by atoms with Gasteiger partial charge in [-0.25, -0.2) is 5.84 Å². The Hall–Kier alpha value is -1.85. The largest absolute Gasteiger partial charge is 0.489 e. The molecule has 2 aromatic rings. The maximum atomic E-state index is 11.2. The SMILES string of the molecule is Cc1ccc(Br)cc1OCc1ccc(CC(=O)NN)cc1. The molecule has 110 valence electrons. The summed E-state index contributed by atoms with van der Waals surface area (Å²) in [5, 5.41) is 0. The van der Waals surface area contributed by atoms with Gasteiger partial charge >= 0.3 is 0 Å². The monoisotopic (exact) mass is 348 g/mol. The second kappa shape index (κ2) is 7.24. The normalized spacial score (nSPS) is 10.2. The lowest BCUT2D eigenvalue weighted by Crippen LogP contribution is -2.31. The van der Waals surface area contributed by atoms with Gasteiger partial charge < -0.3 is 4.74 Å². The molecule has 0 atom stereocenters. The van der Waals surface area contributed by atoms with Crippen LogP contribution >= 0.6 is 15.9 Å². The van der Waals surface area contributed by atoms with Crippen molar-refractivity contribution in [2.24, 2.45) is 5.84 Å². The number of benzene rings is 2. The average molecular weight is 349 g/mol. The molecular weight excluding hydrogens is 332 g/mol. The van der Waals surface area contributed by atoms with E-state index in [4.69, 9.17) is 10.6 Å². The number of halogens is 1. The third-order valence-corrected chi connectivity index (χ3v) is 3.59. The van der Waals surface area contributed by atoms with Gasteiger partial charge in [0, 0.05) is 4.47 Å². The molecule has 0 fully saturated rings. The molecule has 0 aliphatic rings. The third kappa shape index (κ3) is 4.58. The molecule has 4 nitrogen and oxygen atoms in total. The molecule has 21 heavy (non-hydrogen) atoms. The van der Waals surface area contributed by atoms with E-state index in [1.165, 1.54) is 0 Å². The van der Waals surface area contributed by atoms with Crippen molar-refractivity contribution in [3.63, 3.8) is 0 Å². The van der Waals surface area contributed by atoms with Gasteiger partial charge in [0.2, 0.25) is 5.91 Å². The van der Waals surface area contributed by atoms with Crippen LogP contribution in [0.5, 0.6) is 5.75 Å². The zero-order valence-corrected chi connectivity index (χ0v) is 13.3. The van der Waals surface area contributed by atoms with Crippen LogP contribution in [-0.2, 0) is 17.8 Å². The van der Waals surface area contributed by atoms with Gasteiger partial charge in [-0.05, 0) is 35.7 Å². The summed E-state index contributed by atoms with van der Waals surface area (Å²) in [7, 11) is 0. The van der Waals surface area contributed by atoms with Crippen LogP contribution in [0.15, 0.2) is 46.9 Å². The molecular formula is C16H17BrN2O2. The van der Waals surface area contributed by atoms with E-state index >= 15 is 0 Å². The molecule has 0 unspecified atom stereocenters. The summed E-state index contributed by atoms with van der Waals surface area (Å²) in [5.74, 6) is 5.72. The Bertz CT molecular complexity index is 627. The molecule has 5 heteroatoms. The maximum absolute atomic E-state index is 11.2. The van der Waals surface area contributed by atoms with E-state index < -0.39 is 0 Å². The second-order valence-electron chi connectivity index (χ2n) is 4.76. The minimum absolute atomic E-state index is 0.205. The van der Waals surface area contributed by atoms with Crippen molar-refractivity contribution >= 4 is 21.8 Å². The van der Waals surface area contributed by atoms with Crippen LogP contribution in [0.2, 0.25) is 0 Å². The van der Waals surface area contributed by atoms with Crippen molar-refractivity contribution in [2.45, 2.75) is 20.0 Å². The van der Waals surface area contributed by atoms with Gasteiger partial charge in [0.25, 0.3) is 0 Å². The van der Waals surface area contributed by atoms with E-state index in [1.54, 1.807) is 0 Å². The first-order chi connectivity index (χ1) is 10.1. The first kappa shape index (κ1) is 15.5. The quantitative estimate of drug-likeness (QED) is 0.496. The Morgan fingerprint density at radius 1 is 1.19 bits per heavy atom. The topological polar surface area (TPSA) is 64.3 Å². The second-order valence-corrected chi connectivity index (χ2v) is 5.67. The van der Waals surface area contributed by atoms with Crippen LogP contribution in [-0.4, -0.2) is 5.91 Å². The number of nitrogens with one attached hydrogen (secondary N) is 1. The van der Waals surface area contributed by atoms with E-state index in [2.05, 4.69) is 21.4 Å². The fraction of sp³-hybridized carbons (Fsp3) is 0.188. The number of nitrogens with two attached hydrogens (primary N) is 1. The zero-order valence-electron chi connectivity index (χ0n) is 11.7. The number of carbonyl (C=O) groups excluding carboxylic acids is 1. The predicted octanol–water partition coefficient (Wildman–Crippen LogP) is 2.87. The summed E-state index contributed by atoms with van der Waals surface area (Å²) >= 11 is 3.43. The van der Waals surface area contributed by atoms with Crippen LogP contribution in [0.3, 0.4) is 0 Å². The van der Waals surface area contributed by atoms with Gasteiger partial charge in [0.15, 0.2) is 0 Å². The number of amides is 1. The van der Waals surface area contributed by atoms with Crippen molar-refractivity contribution in [3.05, 3.63) is 63.6 Å². The van der Waals surface area contributed by atoms with Gasteiger partial charge in [0.1, 0.15) is 12.4 Å². The van der Waals surface area contributed by atoms with Gasteiger partial charge in [0.05, 0.1) is 6.42 Å². The lowest BCUT2D eigenvalue weighted by Gasteiger charge is -2.10. The molecule has 2 aromatic carbocycles. The number of rotatable bonds is 5. The minimum atomic E-state index is -0.205. The highest BCUT2D eigenvalue weighted by molar-refractivity contribution is 9.10. The number of ether oxygens (including phenoxy) is 1. The lowest BCUT2D eigenvalue weighted by molar-refractivity contribution is -0.120. The van der Waals surface area contributed by atoms with Gasteiger partial charge in [-0.15, -0.1) is 0 Å². The summed E-state index contributed by atoms with van der Waals surface area (Å²) in [4.78, 5) is 11.2. The molecule has 0 bridgehead atoms. The van der Waals surface area contributed by atoms with E-state index in [9.17, 15) is 4.79 Å². The third-order valence-electron chi connectivity index (χ3n) is 3.09. The molecule has 0 saturated heterocycles. The number of hydrazine groups is 1. The Morgan fingerprint density at radius 2 is 1.86 bits per heavy atom. The summed E-state index contributed by atoms with van der Waals surface area (Å²) < 4.78 is 6.81. The minimum Gasteiger partial charge on any atom is -0.489 e. The molecule has 0 aliphatic heterocycles. The number of aryl methyl sites for hydroxylation is 1. The van der Waals surface area contributed by atoms with E-state index in [0.717, 1.165) is 26.9 Å². The molecule has 0 aromatic heterocycles. The van der Waals surface area contributed by atoms with Crippen molar-refractivity contribution in [1.82, 2.24) is 5.43 Å². The van der Waals surface area contributed by atoms with Gasteiger partial charge in [-0.3, -0.25) is 10.2 Å². The van der Waals surface area contributed by atoms with Gasteiger partial charge in [-0.2, -0.15) is 0 Å². The summed E-state index contributed by atoms with van der Waals surface area (Å²) in [6.45, 7) is 2.50. The predicted molar refractivity (Wildman–Crippen MR) is 85.7 cm³/mol. The molecule has 0 saturated carbocycles. The Morgan fingerprint density at radius 3 is 2.52 bits per heavy atom. The van der Waals surface area contributed by atoms with Crippen molar-refractivity contribution in [3.8, 4) is 5.75 Å². The molecule has 0 aliphatic carbocycles. The molecule has 2 rings (SSSR count). The van der Waals surface area contributed by atoms with Crippen LogP contribution in [0.4, 0.5) is 0 Å². The smallest absolute Gasteiger partial charge is 0.238 e. The number of hydrogen-bond acceptors (Lipinski definition) is 3. The van der Waals surface area contributed by atoms with E-state index in [0.29, 0.717) is 6.61 Å². The van der Waals surface area contributed by atoms with Gasteiger partial charge in [-0.1, -0.05) is 46.3 Å². The van der Waals surface area contributed by atoms with Crippen molar-refractivity contribution in [2.75, 3.05) is 0 Å². The summed E-state index contributed by atoms with van der Waals surface area (Å²) in [6, 6.07) is 13.7. The number of hydrogen-bond donors (Lipinski definition) is 2. The maximum Gasteiger partial charge on any atom is 0.238 e. The molecule has 0 radical (unpaired) electrons. The molecule has 0 heterocycles. The highest BCUT2D eigenvalue weighted by atomic mass is 79.9. The average Bonchev–Trinajstić information content (AvgIpc) is 2.49.